The molecule has 0 aromatic heterocycles. The van der Waals surface area contributed by atoms with Crippen molar-refractivity contribution in [2.24, 2.45) is 0 Å². The SMILES string of the molecule is CC1(C)CCC(COc2ccc(F)cc2)O1. The van der Waals surface area contributed by atoms with Crippen molar-refractivity contribution in [1.29, 1.82) is 0 Å². The van der Waals surface area contributed by atoms with Crippen LogP contribution < -0.4 is 4.74 Å². The minimum atomic E-state index is -0.245. The molecule has 2 nitrogen and oxygen atoms in total. The van der Waals surface area contributed by atoms with E-state index in [2.05, 4.69) is 13.8 Å². The molecule has 0 spiro atoms. The van der Waals surface area contributed by atoms with Gasteiger partial charge in [0.25, 0.3) is 0 Å². The highest BCUT2D eigenvalue weighted by molar-refractivity contribution is 5.22. The summed E-state index contributed by atoms with van der Waals surface area (Å²) in [5, 5.41) is 0. The smallest absolute Gasteiger partial charge is 0.123 e. The first kappa shape index (κ1) is 11.4. The van der Waals surface area contributed by atoms with E-state index in [1.165, 1.54) is 12.1 Å². The Kier molecular flexibility index (Phi) is 3.15. The zero-order valence-electron chi connectivity index (χ0n) is 9.70. The molecule has 0 amide bonds. The van der Waals surface area contributed by atoms with Gasteiger partial charge in [-0.15, -0.1) is 0 Å². The number of rotatable bonds is 3. The lowest BCUT2D eigenvalue weighted by Crippen LogP contribution is -2.23. The monoisotopic (exact) mass is 224 g/mol. The van der Waals surface area contributed by atoms with Crippen LogP contribution in [-0.2, 0) is 4.74 Å². The van der Waals surface area contributed by atoms with Gasteiger partial charge in [0, 0.05) is 0 Å². The summed E-state index contributed by atoms with van der Waals surface area (Å²) in [5.41, 5.74) is -0.0309. The quantitative estimate of drug-likeness (QED) is 0.785. The van der Waals surface area contributed by atoms with Gasteiger partial charge in [0.2, 0.25) is 0 Å². The molecule has 1 heterocycles. The summed E-state index contributed by atoms with van der Waals surface area (Å²) < 4.78 is 24.0. The average Bonchev–Trinajstić information content (AvgIpc) is 2.58. The Labute approximate surface area is 95.4 Å². The molecule has 1 aliphatic rings. The van der Waals surface area contributed by atoms with Gasteiger partial charge in [0.1, 0.15) is 18.2 Å². The lowest BCUT2D eigenvalue weighted by Gasteiger charge is -2.19. The number of hydrogen-bond acceptors (Lipinski definition) is 2. The van der Waals surface area contributed by atoms with Gasteiger partial charge >= 0.3 is 0 Å². The van der Waals surface area contributed by atoms with Crippen LogP contribution in [0, 0.1) is 5.82 Å². The van der Waals surface area contributed by atoms with E-state index >= 15 is 0 Å². The van der Waals surface area contributed by atoms with Crippen molar-refractivity contribution in [3.8, 4) is 5.75 Å². The highest BCUT2D eigenvalue weighted by Gasteiger charge is 2.31. The molecule has 0 radical (unpaired) electrons. The van der Waals surface area contributed by atoms with E-state index in [0.29, 0.717) is 12.4 Å². The van der Waals surface area contributed by atoms with Gasteiger partial charge in [0.15, 0.2) is 0 Å². The zero-order valence-corrected chi connectivity index (χ0v) is 9.70. The second-order valence-corrected chi connectivity index (χ2v) is 4.80. The highest BCUT2D eigenvalue weighted by atomic mass is 19.1. The average molecular weight is 224 g/mol. The van der Waals surface area contributed by atoms with Crippen LogP contribution in [0.1, 0.15) is 26.7 Å². The van der Waals surface area contributed by atoms with Gasteiger partial charge in [-0.1, -0.05) is 0 Å². The molecule has 1 atom stereocenters. The maximum Gasteiger partial charge on any atom is 0.123 e. The minimum Gasteiger partial charge on any atom is -0.491 e. The number of benzene rings is 1. The Hall–Kier alpha value is -1.09. The Morgan fingerprint density at radius 1 is 1.38 bits per heavy atom. The van der Waals surface area contributed by atoms with Gasteiger partial charge in [0.05, 0.1) is 11.7 Å². The first-order valence-electron chi connectivity index (χ1n) is 5.61. The van der Waals surface area contributed by atoms with Crippen LogP contribution in [0.25, 0.3) is 0 Å². The third-order valence-corrected chi connectivity index (χ3v) is 2.80. The summed E-state index contributed by atoms with van der Waals surface area (Å²) in [6, 6.07) is 6.06. The Morgan fingerprint density at radius 3 is 2.62 bits per heavy atom. The van der Waals surface area contributed by atoms with Gasteiger partial charge in [-0.05, 0) is 51.0 Å². The van der Waals surface area contributed by atoms with E-state index < -0.39 is 0 Å². The number of hydrogen-bond donors (Lipinski definition) is 0. The molecule has 1 aliphatic heterocycles. The molecule has 1 aromatic carbocycles. The van der Waals surface area contributed by atoms with Crippen molar-refractivity contribution >= 4 is 0 Å². The standard InChI is InChI=1S/C13H17FO2/c1-13(2)8-7-12(16-13)9-15-11-5-3-10(14)4-6-11/h3-6,12H,7-9H2,1-2H3. The number of halogens is 1. The highest BCUT2D eigenvalue weighted by Crippen LogP contribution is 2.29. The second kappa shape index (κ2) is 4.42. The van der Waals surface area contributed by atoms with Crippen LogP contribution in [0.15, 0.2) is 24.3 Å². The summed E-state index contributed by atoms with van der Waals surface area (Å²) in [5.74, 6) is 0.445. The molecule has 0 bridgehead atoms. The summed E-state index contributed by atoms with van der Waals surface area (Å²) in [6.45, 7) is 4.71. The molecule has 1 unspecified atom stereocenters. The largest absolute Gasteiger partial charge is 0.491 e. The maximum atomic E-state index is 12.6. The van der Waals surface area contributed by atoms with Crippen molar-refractivity contribution in [1.82, 2.24) is 0 Å². The van der Waals surface area contributed by atoms with E-state index in [-0.39, 0.29) is 17.5 Å². The summed E-state index contributed by atoms with van der Waals surface area (Å²) in [4.78, 5) is 0. The van der Waals surface area contributed by atoms with Crippen LogP contribution >= 0.6 is 0 Å². The van der Waals surface area contributed by atoms with Crippen molar-refractivity contribution in [2.75, 3.05) is 6.61 Å². The van der Waals surface area contributed by atoms with E-state index in [9.17, 15) is 4.39 Å². The van der Waals surface area contributed by atoms with Gasteiger partial charge in [-0.2, -0.15) is 0 Å². The molecular weight excluding hydrogens is 207 g/mol. The molecular formula is C13H17FO2. The summed E-state index contributed by atoms with van der Waals surface area (Å²) >= 11 is 0. The predicted molar refractivity (Wildman–Crippen MR) is 60.1 cm³/mol. The zero-order chi connectivity index (χ0) is 11.6. The van der Waals surface area contributed by atoms with E-state index in [0.717, 1.165) is 12.8 Å². The fourth-order valence-electron chi connectivity index (χ4n) is 1.91. The Morgan fingerprint density at radius 2 is 2.06 bits per heavy atom. The normalized spacial score (nSPS) is 23.3. The number of ether oxygens (including phenoxy) is 2. The van der Waals surface area contributed by atoms with Crippen LogP contribution in [0.5, 0.6) is 5.75 Å². The van der Waals surface area contributed by atoms with E-state index in [1.807, 2.05) is 0 Å². The third kappa shape index (κ3) is 2.95. The minimum absolute atomic E-state index is 0.0309. The van der Waals surface area contributed by atoms with Gasteiger partial charge in [-0.25, -0.2) is 4.39 Å². The topological polar surface area (TPSA) is 18.5 Å². The van der Waals surface area contributed by atoms with Crippen molar-refractivity contribution in [2.45, 2.75) is 38.4 Å². The first-order valence-corrected chi connectivity index (χ1v) is 5.61. The first-order chi connectivity index (χ1) is 7.55. The molecule has 1 aromatic rings. The van der Waals surface area contributed by atoms with Crippen LogP contribution in [-0.4, -0.2) is 18.3 Å². The van der Waals surface area contributed by atoms with Crippen LogP contribution in [0.3, 0.4) is 0 Å². The van der Waals surface area contributed by atoms with Gasteiger partial charge < -0.3 is 9.47 Å². The fraction of sp³-hybridized carbons (Fsp3) is 0.538. The van der Waals surface area contributed by atoms with Gasteiger partial charge in [-0.3, -0.25) is 0 Å². The molecule has 1 saturated heterocycles. The maximum absolute atomic E-state index is 12.6. The molecule has 3 heteroatoms. The lowest BCUT2D eigenvalue weighted by molar-refractivity contribution is -0.0326. The molecule has 0 N–H and O–H groups in total. The predicted octanol–water partition coefficient (Wildman–Crippen LogP) is 3.16. The molecule has 88 valence electrons. The summed E-state index contributed by atoms with van der Waals surface area (Å²) in [6.07, 6.45) is 2.23. The lowest BCUT2D eigenvalue weighted by atomic mass is 10.1. The molecule has 2 rings (SSSR count). The molecule has 0 aliphatic carbocycles. The molecule has 0 saturated carbocycles. The van der Waals surface area contributed by atoms with Crippen LogP contribution in [0.2, 0.25) is 0 Å². The molecule has 16 heavy (non-hydrogen) atoms. The Balaban J connectivity index is 1.82. The second-order valence-electron chi connectivity index (χ2n) is 4.80. The van der Waals surface area contributed by atoms with Crippen molar-refractivity contribution < 1.29 is 13.9 Å². The fourth-order valence-corrected chi connectivity index (χ4v) is 1.91. The van der Waals surface area contributed by atoms with Crippen LogP contribution in [0.4, 0.5) is 4.39 Å². The third-order valence-electron chi connectivity index (χ3n) is 2.80. The Bertz CT molecular complexity index is 345. The summed E-state index contributed by atoms with van der Waals surface area (Å²) in [7, 11) is 0. The van der Waals surface area contributed by atoms with Crippen molar-refractivity contribution in [3.63, 3.8) is 0 Å². The molecule has 1 fully saturated rings. The van der Waals surface area contributed by atoms with Crippen molar-refractivity contribution in [3.05, 3.63) is 30.1 Å². The van der Waals surface area contributed by atoms with E-state index in [1.54, 1.807) is 12.1 Å². The van der Waals surface area contributed by atoms with E-state index in [4.69, 9.17) is 9.47 Å².